The van der Waals surface area contributed by atoms with Crippen LogP contribution in [0.15, 0.2) is 36.5 Å². The van der Waals surface area contributed by atoms with Crippen LogP contribution >= 0.6 is 0 Å². The van der Waals surface area contributed by atoms with Crippen molar-refractivity contribution in [3.63, 3.8) is 0 Å². The monoisotopic (exact) mass is 802 g/mol. The van der Waals surface area contributed by atoms with E-state index in [-0.39, 0.29) is 24.9 Å². The lowest BCUT2D eigenvalue weighted by Gasteiger charge is -2.24. The van der Waals surface area contributed by atoms with Crippen LogP contribution in [0.3, 0.4) is 0 Å². The van der Waals surface area contributed by atoms with E-state index in [4.69, 9.17) is 4.74 Å². The summed E-state index contributed by atoms with van der Waals surface area (Å²) in [6, 6.07) is -0.704. The minimum Gasteiger partial charge on any atom is -0.462 e. The summed E-state index contributed by atoms with van der Waals surface area (Å²) in [5.41, 5.74) is 0. The number of esters is 1. The first-order valence-corrected chi connectivity index (χ1v) is 24.7. The second kappa shape index (κ2) is 45.2. The number of hydrogen-bond acceptors (Lipinski definition) is 5. The molecule has 0 aromatic heterocycles. The van der Waals surface area contributed by atoms with E-state index in [9.17, 15) is 19.8 Å². The van der Waals surface area contributed by atoms with Gasteiger partial charge in [-0.1, -0.05) is 198 Å². The first kappa shape index (κ1) is 55.1. The Morgan fingerprint density at radius 2 is 0.947 bits per heavy atom. The van der Waals surface area contributed by atoms with Gasteiger partial charge in [0, 0.05) is 6.42 Å². The molecule has 0 bridgehead atoms. The minimum absolute atomic E-state index is 0.0657. The third-order valence-corrected chi connectivity index (χ3v) is 11.2. The molecule has 0 aliphatic carbocycles. The SMILES string of the molecule is CC/C=C/C/C=C/CCCCCCCCCC(=O)OC(CCCCC/C=C/CCCCCCCCC)CC(=O)NC(CO)C(O)CCCCCCCCCCCC. The van der Waals surface area contributed by atoms with Gasteiger partial charge in [0.05, 0.1) is 25.2 Å². The van der Waals surface area contributed by atoms with Crippen LogP contribution in [0.4, 0.5) is 0 Å². The average Bonchev–Trinajstić information content (AvgIpc) is 3.20. The first-order chi connectivity index (χ1) is 28.0. The molecule has 0 radical (unpaired) electrons. The molecule has 1 amide bonds. The van der Waals surface area contributed by atoms with Gasteiger partial charge in [-0.05, 0) is 77.0 Å². The maximum atomic E-state index is 13.2. The quantitative estimate of drug-likeness (QED) is 0.0324. The van der Waals surface area contributed by atoms with E-state index >= 15 is 0 Å². The number of hydrogen-bond donors (Lipinski definition) is 3. The van der Waals surface area contributed by atoms with E-state index in [0.29, 0.717) is 19.3 Å². The predicted molar refractivity (Wildman–Crippen MR) is 246 cm³/mol. The Labute approximate surface area is 353 Å². The van der Waals surface area contributed by atoms with Crippen LogP contribution in [-0.2, 0) is 14.3 Å². The molecule has 0 aliphatic heterocycles. The zero-order valence-electron chi connectivity index (χ0n) is 38.0. The molecule has 0 heterocycles. The Kier molecular flexibility index (Phi) is 43.6. The zero-order chi connectivity index (χ0) is 41.7. The number of amides is 1. The number of aliphatic hydroxyl groups excluding tert-OH is 2. The number of carbonyl (C=O) groups is 2. The molecular weight excluding hydrogens is 707 g/mol. The second-order valence-corrected chi connectivity index (χ2v) is 16.8. The van der Waals surface area contributed by atoms with E-state index in [0.717, 1.165) is 83.5 Å². The number of rotatable bonds is 44. The van der Waals surface area contributed by atoms with Gasteiger partial charge in [0.15, 0.2) is 0 Å². The van der Waals surface area contributed by atoms with E-state index in [1.165, 1.54) is 122 Å². The summed E-state index contributed by atoms with van der Waals surface area (Å²) in [4.78, 5) is 26.1. The lowest BCUT2D eigenvalue weighted by Crippen LogP contribution is -2.46. The maximum absolute atomic E-state index is 13.2. The van der Waals surface area contributed by atoms with Gasteiger partial charge >= 0.3 is 5.97 Å². The Morgan fingerprint density at radius 3 is 1.46 bits per heavy atom. The molecule has 0 spiro atoms. The van der Waals surface area contributed by atoms with Crippen molar-refractivity contribution in [2.24, 2.45) is 0 Å². The normalized spacial score (nSPS) is 13.6. The molecular formula is C51H95NO5. The lowest BCUT2D eigenvalue weighted by molar-refractivity contribution is -0.151. The van der Waals surface area contributed by atoms with Crippen molar-refractivity contribution >= 4 is 11.9 Å². The van der Waals surface area contributed by atoms with Crippen molar-refractivity contribution in [2.45, 2.75) is 270 Å². The largest absolute Gasteiger partial charge is 0.462 e. The van der Waals surface area contributed by atoms with E-state index in [1.807, 2.05) is 0 Å². The summed E-state index contributed by atoms with van der Waals surface area (Å²) in [6.07, 6.45) is 52.0. The fourth-order valence-electron chi connectivity index (χ4n) is 7.46. The van der Waals surface area contributed by atoms with Gasteiger partial charge < -0.3 is 20.3 Å². The first-order valence-electron chi connectivity index (χ1n) is 24.7. The van der Waals surface area contributed by atoms with Crippen molar-refractivity contribution in [3.8, 4) is 0 Å². The highest BCUT2D eigenvalue weighted by Crippen LogP contribution is 2.17. The Morgan fingerprint density at radius 1 is 0.526 bits per heavy atom. The van der Waals surface area contributed by atoms with Gasteiger partial charge in [0.2, 0.25) is 5.91 Å². The number of carbonyl (C=O) groups excluding carboxylic acids is 2. The van der Waals surface area contributed by atoms with Crippen molar-refractivity contribution in [1.82, 2.24) is 5.32 Å². The molecule has 3 N–H and O–H groups in total. The molecule has 3 unspecified atom stereocenters. The van der Waals surface area contributed by atoms with Crippen molar-refractivity contribution in [3.05, 3.63) is 36.5 Å². The van der Waals surface area contributed by atoms with Crippen LogP contribution in [0.2, 0.25) is 0 Å². The summed E-state index contributed by atoms with van der Waals surface area (Å²) in [5.74, 6) is -0.493. The lowest BCUT2D eigenvalue weighted by atomic mass is 10.0. The van der Waals surface area contributed by atoms with Crippen molar-refractivity contribution < 1.29 is 24.5 Å². The molecule has 0 aromatic carbocycles. The standard InChI is InChI=1S/C51H95NO5/c1-4-7-10-13-16-19-22-24-26-28-30-33-36-39-42-47(57-51(56)44-41-38-35-32-29-27-25-23-20-17-14-11-8-5-2)45-50(55)52-48(46-53)49(54)43-40-37-34-31-21-18-15-12-9-6-3/h8,11,17,20,26,28,47-49,53-54H,4-7,9-10,12-16,18-19,21-25,27,29-46H2,1-3H3,(H,52,55)/b11-8+,20-17+,28-26+. The number of aliphatic hydroxyl groups is 2. The Bertz CT molecular complexity index is 946. The molecule has 0 saturated heterocycles. The van der Waals surface area contributed by atoms with E-state index in [2.05, 4.69) is 62.5 Å². The molecule has 6 nitrogen and oxygen atoms in total. The van der Waals surface area contributed by atoms with Crippen LogP contribution in [0.25, 0.3) is 0 Å². The van der Waals surface area contributed by atoms with Gasteiger partial charge in [-0.3, -0.25) is 9.59 Å². The second-order valence-electron chi connectivity index (χ2n) is 16.8. The molecule has 0 saturated carbocycles. The van der Waals surface area contributed by atoms with Gasteiger partial charge in [0.25, 0.3) is 0 Å². The van der Waals surface area contributed by atoms with Crippen molar-refractivity contribution in [1.29, 1.82) is 0 Å². The molecule has 0 aliphatic rings. The Balaban J connectivity index is 4.61. The smallest absolute Gasteiger partial charge is 0.306 e. The van der Waals surface area contributed by atoms with Crippen LogP contribution in [0, 0.1) is 0 Å². The van der Waals surface area contributed by atoms with Gasteiger partial charge in [0.1, 0.15) is 6.10 Å². The van der Waals surface area contributed by atoms with Gasteiger partial charge in [-0.25, -0.2) is 0 Å². The highest BCUT2D eigenvalue weighted by atomic mass is 16.5. The zero-order valence-corrected chi connectivity index (χ0v) is 38.0. The predicted octanol–water partition coefficient (Wildman–Crippen LogP) is 14.5. The fourth-order valence-corrected chi connectivity index (χ4v) is 7.46. The van der Waals surface area contributed by atoms with Gasteiger partial charge in [-0.15, -0.1) is 0 Å². The van der Waals surface area contributed by atoms with E-state index < -0.39 is 18.2 Å². The number of unbranched alkanes of at least 4 members (excludes halogenated alkanes) is 26. The molecule has 0 aromatic rings. The minimum atomic E-state index is -0.789. The number of ether oxygens (including phenoxy) is 1. The van der Waals surface area contributed by atoms with Gasteiger partial charge in [-0.2, -0.15) is 0 Å². The Hall–Kier alpha value is -1.92. The number of nitrogens with one attached hydrogen (secondary N) is 1. The fraction of sp³-hybridized carbons (Fsp3) is 0.843. The van der Waals surface area contributed by atoms with Crippen LogP contribution in [0.5, 0.6) is 0 Å². The van der Waals surface area contributed by atoms with Crippen LogP contribution < -0.4 is 5.32 Å². The summed E-state index contributed by atoms with van der Waals surface area (Å²) < 4.78 is 5.91. The molecule has 334 valence electrons. The van der Waals surface area contributed by atoms with Crippen molar-refractivity contribution in [2.75, 3.05) is 6.61 Å². The summed E-state index contributed by atoms with van der Waals surface area (Å²) in [5, 5.41) is 23.7. The summed E-state index contributed by atoms with van der Waals surface area (Å²) in [6.45, 7) is 6.36. The van der Waals surface area contributed by atoms with E-state index in [1.54, 1.807) is 0 Å². The molecule has 0 rings (SSSR count). The molecule has 6 heteroatoms. The highest BCUT2D eigenvalue weighted by molar-refractivity contribution is 5.77. The number of allylic oxidation sites excluding steroid dienone is 6. The van der Waals surface area contributed by atoms with Crippen LogP contribution in [-0.4, -0.2) is 46.9 Å². The molecule has 3 atom stereocenters. The third-order valence-electron chi connectivity index (χ3n) is 11.2. The average molecular weight is 802 g/mol. The summed E-state index contributed by atoms with van der Waals surface area (Å²) >= 11 is 0. The van der Waals surface area contributed by atoms with Crippen LogP contribution in [0.1, 0.15) is 252 Å². The topological polar surface area (TPSA) is 95.9 Å². The highest BCUT2D eigenvalue weighted by Gasteiger charge is 2.24. The molecule has 57 heavy (non-hydrogen) atoms. The third kappa shape index (κ3) is 40.6. The summed E-state index contributed by atoms with van der Waals surface area (Å²) in [7, 11) is 0. The molecule has 0 fully saturated rings. The maximum Gasteiger partial charge on any atom is 0.306 e.